The van der Waals surface area contributed by atoms with E-state index in [1.165, 1.54) is 10.9 Å². The Morgan fingerprint density at radius 1 is 1.22 bits per heavy atom. The Kier molecular flexibility index (Phi) is 4.24. The number of fused-ring (bicyclic) bond motifs is 1. The zero-order chi connectivity index (χ0) is 18.6. The summed E-state index contributed by atoms with van der Waals surface area (Å²) in [5.74, 6) is 0.605. The maximum Gasteiger partial charge on any atom is 0.216 e. The highest BCUT2D eigenvalue weighted by molar-refractivity contribution is 5.64. The van der Waals surface area contributed by atoms with Crippen LogP contribution in [-0.2, 0) is 13.1 Å². The second-order valence-corrected chi connectivity index (χ2v) is 5.71. The predicted molar refractivity (Wildman–Crippen MR) is 96.2 cm³/mol. The van der Waals surface area contributed by atoms with Gasteiger partial charge in [-0.05, 0) is 11.6 Å². The van der Waals surface area contributed by atoms with Crippen LogP contribution >= 0.6 is 0 Å². The molecule has 0 amide bonds. The van der Waals surface area contributed by atoms with Crippen LogP contribution in [0.25, 0.3) is 16.9 Å². The van der Waals surface area contributed by atoms with E-state index in [2.05, 4.69) is 30.5 Å². The highest BCUT2D eigenvalue weighted by Gasteiger charge is 2.10. The number of hydrogen-bond acceptors (Lipinski definition) is 8. The van der Waals surface area contributed by atoms with Gasteiger partial charge >= 0.3 is 0 Å². The first kappa shape index (κ1) is 16.3. The maximum atomic E-state index is 8.75. The number of aromatic nitrogens is 6. The summed E-state index contributed by atoms with van der Waals surface area (Å²) >= 11 is 0. The second-order valence-electron chi connectivity index (χ2n) is 5.71. The van der Waals surface area contributed by atoms with Gasteiger partial charge in [-0.3, -0.25) is 4.68 Å². The number of rotatable bonds is 6. The summed E-state index contributed by atoms with van der Waals surface area (Å²) in [5, 5.41) is 19.5. The van der Waals surface area contributed by atoms with E-state index in [0.717, 1.165) is 16.8 Å². The van der Waals surface area contributed by atoms with Gasteiger partial charge in [0.2, 0.25) is 5.82 Å². The normalized spacial score (nSPS) is 10.6. The van der Waals surface area contributed by atoms with Crippen molar-refractivity contribution in [2.24, 2.45) is 5.11 Å². The highest BCUT2D eigenvalue weighted by Crippen LogP contribution is 2.25. The molecular formula is C17H14N10. The number of anilines is 1. The minimum atomic E-state index is 0.162. The Balaban J connectivity index is 1.58. The molecule has 4 aromatic rings. The fourth-order valence-corrected chi connectivity index (χ4v) is 2.63. The third-order valence-corrected chi connectivity index (χ3v) is 3.93. The first-order valence-electron chi connectivity index (χ1n) is 8.06. The molecule has 2 N–H and O–H groups in total. The molecule has 27 heavy (non-hydrogen) atoms. The Labute approximate surface area is 153 Å². The Morgan fingerprint density at radius 2 is 2.15 bits per heavy atom. The molecule has 0 saturated carbocycles. The van der Waals surface area contributed by atoms with Crippen molar-refractivity contribution in [2.75, 3.05) is 5.32 Å². The molecule has 4 heterocycles. The van der Waals surface area contributed by atoms with Gasteiger partial charge in [0.15, 0.2) is 5.82 Å². The molecule has 0 unspecified atom stereocenters. The number of pyridine rings is 1. The fraction of sp³-hybridized carbons (Fsp3) is 0.118. The van der Waals surface area contributed by atoms with Gasteiger partial charge < -0.3 is 9.72 Å². The van der Waals surface area contributed by atoms with Crippen LogP contribution < -0.4 is 5.32 Å². The molecule has 0 spiro atoms. The van der Waals surface area contributed by atoms with Crippen molar-refractivity contribution in [2.45, 2.75) is 13.1 Å². The predicted octanol–water partition coefficient (Wildman–Crippen LogP) is 2.79. The van der Waals surface area contributed by atoms with E-state index in [1.54, 1.807) is 18.6 Å². The molecule has 0 radical (unpaired) electrons. The van der Waals surface area contributed by atoms with Crippen molar-refractivity contribution in [3.05, 3.63) is 54.9 Å². The standard InChI is InChI=1S/C17H14N10/c18-3-5-27-11-13(8-23-27)14-9-22-17(25-19)16(24-14)21-7-12-1-2-15-20-4-6-26(15)10-12/h1-2,4,6,8-11,19H,5,7H2,(H,21,24). The van der Waals surface area contributed by atoms with Crippen molar-refractivity contribution in [1.29, 1.82) is 10.8 Å². The summed E-state index contributed by atoms with van der Waals surface area (Å²) in [5.41, 5.74) is 10.5. The third kappa shape index (κ3) is 3.34. The smallest absolute Gasteiger partial charge is 0.216 e. The fourth-order valence-electron chi connectivity index (χ4n) is 2.63. The van der Waals surface area contributed by atoms with Gasteiger partial charge in [-0.2, -0.15) is 10.4 Å². The summed E-state index contributed by atoms with van der Waals surface area (Å²) in [6.45, 7) is 0.651. The maximum absolute atomic E-state index is 8.75. The highest BCUT2D eigenvalue weighted by atomic mass is 15.3. The number of nitriles is 1. The van der Waals surface area contributed by atoms with Gasteiger partial charge in [0.25, 0.3) is 0 Å². The monoisotopic (exact) mass is 358 g/mol. The quantitative estimate of drug-likeness (QED) is 0.509. The molecule has 0 atom stereocenters. The average molecular weight is 358 g/mol. The number of imidazole rings is 1. The van der Waals surface area contributed by atoms with Gasteiger partial charge in [0.1, 0.15) is 12.2 Å². The minimum Gasteiger partial charge on any atom is -0.363 e. The summed E-state index contributed by atoms with van der Waals surface area (Å²) in [6, 6.07) is 5.93. The van der Waals surface area contributed by atoms with Crippen molar-refractivity contribution < 1.29 is 0 Å². The van der Waals surface area contributed by atoms with Crippen LogP contribution in [0.1, 0.15) is 5.56 Å². The number of hydrogen-bond donors (Lipinski definition) is 2. The van der Waals surface area contributed by atoms with Crippen molar-refractivity contribution in [1.82, 2.24) is 29.1 Å². The molecule has 0 aromatic carbocycles. The molecule has 10 heteroatoms. The van der Waals surface area contributed by atoms with Crippen LogP contribution in [0.4, 0.5) is 11.6 Å². The molecule has 0 saturated heterocycles. The number of nitrogens with zero attached hydrogens (tertiary/aromatic N) is 8. The lowest BCUT2D eigenvalue weighted by molar-refractivity contribution is 0.710. The first-order valence-corrected chi connectivity index (χ1v) is 8.06. The lowest BCUT2D eigenvalue weighted by Gasteiger charge is -2.09. The van der Waals surface area contributed by atoms with Gasteiger partial charge in [-0.15, -0.1) is 5.11 Å². The van der Waals surface area contributed by atoms with Crippen LogP contribution in [0.15, 0.2) is 54.4 Å². The van der Waals surface area contributed by atoms with E-state index < -0.39 is 0 Å². The molecule has 0 aliphatic rings. The van der Waals surface area contributed by atoms with Crippen LogP contribution in [-0.4, -0.2) is 29.1 Å². The molecule has 132 valence electrons. The van der Waals surface area contributed by atoms with E-state index in [1.807, 2.05) is 35.0 Å². The first-order chi connectivity index (χ1) is 13.3. The van der Waals surface area contributed by atoms with Gasteiger partial charge in [-0.1, -0.05) is 6.07 Å². The minimum absolute atomic E-state index is 0.162. The van der Waals surface area contributed by atoms with Crippen molar-refractivity contribution in [3.8, 4) is 17.3 Å². The van der Waals surface area contributed by atoms with Gasteiger partial charge in [0.05, 0.1) is 24.2 Å². The molecule has 10 nitrogen and oxygen atoms in total. The van der Waals surface area contributed by atoms with Crippen LogP contribution in [0.2, 0.25) is 0 Å². The van der Waals surface area contributed by atoms with Gasteiger partial charge in [-0.25, -0.2) is 20.5 Å². The molecule has 0 bridgehead atoms. The van der Waals surface area contributed by atoms with E-state index in [9.17, 15) is 0 Å². The van der Waals surface area contributed by atoms with E-state index in [4.69, 9.17) is 10.8 Å². The van der Waals surface area contributed by atoms with Gasteiger partial charge in [0, 0.05) is 36.9 Å². The lowest BCUT2D eigenvalue weighted by Crippen LogP contribution is -2.04. The van der Waals surface area contributed by atoms with E-state index in [-0.39, 0.29) is 12.4 Å². The molecular weight excluding hydrogens is 344 g/mol. The van der Waals surface area contributed by atoms with Crippen LogP contribution in [0.3, 0.4) is 0 Å². The molecule has 4 aromatic heterocycles. The van der Waals surface area contributed by atoms with Crippen molar-refractivity contribution >= 4 is 17.3 Å². The summed E-state index contributed by atoms with van der Waals surface area (Å²) in [6.07, 6.45) is 10.5. The Hall–Kier alpha value is -4.13. The molecule has 0 fully saturated rings. The summed E-state index contributed by atoms with van der Waals surface area (Å²) < 4.78 is 3.45. The van der Waals surface area contributed by atoms with E-state index in [0.29, 0.717) is 18.1 Å². The second kappa shape index (κ2) is 7.01. The topological polar surface area (TPSA) is 133 Å². The molecule has 0 aliphatic carbocycles. The zero-order valence-corrected chi connectivity index (χ0v) is 14.1. The Morgan fingerprint density at radius 3 is 3.00 bits per heavy atom. The SMILES string of the molecule is N#CCn1cc(-c2cnc(N=N)c(NCc3ccc4nccn4c3)n2)cn1. The number of nitrogens with one attached hydrogen (secondary N) is 2. The zero-order valence-electron chi connectivity index (χ0n) is 14.1. The third-order valence-electron chi connectivity index (χ3n) is 3.93. The lowest BCUT2D eigenvalue weighted by atomic mass is 10.2. The summed E-state index contributed by atoms with van der Waals surface area (Å²) in [4.78, 5) is 12.9. The largest absolute Gasteiger partial charge is 0.363 e. The molecule has 0 aliphatic heterocycles. The van der Waals surface area contributed by atoms with Crippen LogP contribution in [0.5, 0.6) is 0 Å². The molecule has 4 rings (SSSR count). The Bertz CT molecular complexity index is 1150. The average Bonchev–Trinajstić information content (AvgIpc) is 3.35. The van der Waals surface area contributed by atoms with E-state index >= 15 is 0 Å². The van der Waals surface area contributed by atoms with Crippen molar-refractivity contribution in [3.63, 3.8) is 0 Å². The van der Waals surface area contributed by atoms with Crippen LogP contribution in [0, 0.1) is 16.9 Å². The summed E-state index contributed by atoms with van der Waals surface area (Å²) in [7, 11) is 0.